The Morgan fingerprint density at radius 1 is 1.32 bits per heavy atom. The lowest BCUT2D eigenvalue weighted by molar-refractivity contribution is -0.174. The van der Waals surface area contributed by atoms with Crippen LogP contribution >= 0.6 is 0 Å². The van der Waals surface area contributed by atoms with Gasteiger partial charge in [-0.3, -0.25) is 0 Å². The molecule has 0 spiro atoms. The molecule has 102 valence electrons. The Morgan fingerprint density at radius 2 is 2.00 bits per heavy atom. The van der Waals surface area contributed by atoms with E-state index in [-0.39, 0.29) is 17.3 Å². The lowest BCUT2D eigenvalue weighted by Crippen LogP contribution is -2.56. The Labute approximate surface area is 114 Å². The second-order valence-electron chi connectivity index (χ2n) is 7.13. The molecule has 0 N–H and O–H groups in total. The average molecular weight is 259 g/mol. The van der Waals surface area contributed by atoms with Crippen molar-refractivity contribution in [1.29, 1.82) is 0 Å². The molecule has 1 saturated carbocycles. The van der Waals surface area contributed by atoms with Gasteiger partial charge in [-0.25, -0.2) is 4.85 Å². The third-order valence-corrected chi connectivity index (χ3v) is 5.09. The standard InChI is InChI=1S/C16H21NO2/c1-15(2)13(18)11(17-4)9-16(3)8-7-12(10-5-6-10)19-14(15)16/h9-10,12,14H,5-8H2,1-3H3/t12-,14-,16-/m1/s1. The third kappa shape index (κ3) is 1.85. The normalized spacial score (nSPS) is 41.2. The molecule has 3 aliphatic rings. The highest BCUT2D eigenvalue weighted by atomic mass is 16.5. The van der Waals surface area contributed by atoms with E-state index in [0.29, 0.717) is 17.7 Å². The molecule has 19 heavy (non-hydrogen) atoms. The van der Waals surface area contributed by atoms with Gasteiger partial charge in [0.2, 0.25) is 5.70 Å². The van der Waals surface area contributed by atoms with E-state index in [2.05, 4.69) is 11.8 Å². The lowest BCUT2D eigenvalue weighted by Gasteiger charge is -2.52. The molecule has 3 atom stereocenters. The molecule has 0 aromatic rings. The fraction of sp³-hybridized carbons (Fsp3) is 0.750. The van der Waals surface area contributed by atoms with Crippen LogP contribution in [0.3, 0.4) is 0 Å². The van der Waals surface area contributed by atoms with Gasteiger partial charge in [0.1, 0.15) is 0 Å². The molecule has 2 fully saturated rings. The SMILES string of the molecule is [C-]#[N+]C1=C[C@@]2(C)CC[C@H](C3CC3)O[C@@H]2C(C)(C)C1=O. The van der Waals surface area contributed by atoms with Crippen LogP contribution in [-0.2, 0) is 9.53 Å². The van der Waals surface area contributed by atoms with E-state index in [1.807, 2.05) is 19.9 Å². The van der Waals surface area contributed by atoms with Gasteiger partial charge in [0.05, 0.1) is 18.8 Å². The molecule has 2 aliphatic carbocycles. The van der Waals surface area contributed by atoms with Crippen LogP contribution in [0, 0.1) is 23.3 Å². The van der Waals surface area contributed by atoms with Crippen molar-refractivity contribution in [1.82, 2.24) is 0 Å². The molecule has 0 amide bonds. The summed E-state index contributed by atoms with van der Waals surface area (Å²) in [5.74, 6) is 0.656. The van der Waals surface area contributed by atoms with Crippen LogP contribution in [0.4, 0.5) is 0 Å². The smallest absolute Gasteiger partial charge is 0.226 e. The predicted octanol–water partition coefficient (Wildman–Crippen LogP) is 3.36. The van der Waals surface area contributed by atoms with E-state index in [0.717, 1.165) is 12.8 Å². The van der Waals surface area contributed by atoms with Crippen molar-refractivity contribution in [3.05, 3.63) is 23.2 Å². The summed E-state index contributed by atoms with van der Waals surface area (Å²) in [6.45, 7) is 13.2. The molecule has 0 bridgehead atoms. The van der Waals surface area contributed by atoms with Crippen LogP contribution in [-0.4, -0.2) is 18.0 Å². The van der Waals surface area contributed by atoms with E-state index < -0.39 is 5.41 Å². The Bertz CT molecular complexity index is 495. The van der Waals surface area contributed by atoms with Gasteiger partial charge in [-0.05, 0) is 31.6 Å². The van der Waals surface area contributed by atoms with Crippen molar-refractivity contribution in [2.75, 3.05) is 0 Å². The van der Waals surface area contributed by atoms with E-state index in [9.17, 15) is 4.79 Å². The fourth-order valence-corrected chi connectivity index (χ4v) is 3.85. The van der Waals surface area contributed by atoms with E-state index >= 15 is 0 Å². The first kappa shape index (κ1) is 12.9. The van der Waals surface area contributed by atoms with Crippen molar-refractivity contribution in [3.8, 4) is 0 Å². The van der Waals surface area contributed by atoms with Gasteiger partial charge in [0.15, 0.2) is 5.78 Å². The predicted molar refractivity (Wildman–Crippen MR) is 72.2 cm³/mol. The highest BCUT2D eigenvalue weighted by molar-refractivity contribution is 6.02. The van der Waals surface area contributed by atoms with Gasteiger partial charge in [-0.15, -0.1) is 0 Å². The number of carbonyl (C=O) groups is 1. The largest absolute Gasteiger partial charge is 0.373 e. The first-order chi connectivity index (χ1) is 8.88. The van der Waals surface area contributed by atoms with Crippen LogP contribution in [0.2, 0.25) is 0 Å². The quantitative estimate of drug-likeness (QED) is 0.676. The van der Waals surface area contributed by atoms with Gasteiger partial charge in [-0.1, -0.05) is 26.8 Å². The Kier molecular flexibility index (Phi) is 2.66. The Balaban J connectivity index is 1.98. The highest BCUT2D eigenvalue weighted by Crippen LogP contribution is 2.53. The summed E-state index contributed by atoms with van der Waals surface area (Å²) in [4.78, 5) is 15.8. The summed E-state index contributed by atoms with van der Waals surface area (Å²) >= 11 is 0. The Morgan fingerprint density at radius 3 is 2.58 bits per heavy atom. The van der Waals surface area contributed by atoms with Crippen LogP contribution < -0.4 is 0 Å². The zero-order valence-electron chi connectivity index (χ0n) is 11.9. The summed E-state index contributed by atoms with van der Waals surface area (Å²) in [5.41, 5.74) is -0.447. The fourth-order valence-electron chi connectivity index (χ4n) is 3.85. The molecule has 3 rings (SSSR count). The molecule has 0 aromatic heterocycles. The maximum Gasteiger partial charge on any atom is 0.226 e. The number of ether oxygens (including phenoxy) is 1. The van der Waals surface area contributed by atoms with E-state index in [4.69, 9.17) is 11.3 Å². The number of carbonyl (C=O) groups excluding carboxylic acids is 1. The zero-order chi connectivity index (χ0) is 13.8. The van der Waals surface area contributed by atoms with Crippen LogP contribution in [0.5, 0.6) is 0 Å². The molecular formula is C16H21NO2. The molecule has 1 saturated heterocycles. The molecular weight excluding hydrogens is 238 g/mol. The minimum atomic E-state index is -0.586. The topological polar surface area (TPSA) is 30.7 Å². The second-order valence-corrected chi connectivity index (χ2v) is 7.13. The zero-order valence-corrected chi connectivity index (χ0v) is 11.9. The van der Waals surface area contributed by atoms with Gasteiger partial charge in [0.25, 0.3) is 0 Å². The number of rotatable bonds is 1. The van der Waals surface area contributed by atoms with Crippen molar-refractivity contribution >= 4 is 5.78 Å². The molecule has 3 nitrogen and oxygen atoms in total. The molecule has 0 aromatic carbocycles. The Hall–Kier alpha value is -1.14. The second kappa shape index (κ2) is 3.93. The van der Waals surface area contributed by atoms with Crippen LogP contribution in [0.15, 0.2) is 11.8 Å². The number of ketones is 1. The summed E-state index contributed by atoms with van der Waals surface area (Å²) in [6.07, 6.45) is 6.74. The molecule has 0 radical (unpaired) electrons. The molecule has 0 unspecified atom stereocenters. The number of hydrogen-bond donors (Lipinski definition) is 0. The van der Waals surface area contributed by atoms with Crippen molar-refractivity contribution in [2.45, 2.75) is 58.7 Å². The van der Waals surface area contributed by atoms with E-state index in [1.165, 1.54) is 12.8 Å². The van der Waals surface area contributed by atoms with Crippen molar-refractivity contribution < 1.29 is 9.53 Å². The number of nitrogens with zero attached hydrogens (tertiary/aromatic N) is 1. The number of hydrogen-bond acceptors (Lipinski definition) is 2. The van der Waals surface area contributed by atoms with Crippen LogP contribution in [0.25, 0.3) is 4.85 Å². The van der Waals surface area contributed by atoms with Gasteiger partial charge < -0.3 is 9.53 Å². The van der Waals surface area contributed by atoms with Gasteiger partial charge >= 0.3 is 0 Å². The minimum absolute atomic E-state index is 0.0542. The molecule has 3 heteroatoms. The highest BCUT2D eigenvalue weighted by Gasteiger charge is 2.55. The average Bonchev–Trinajstić information content (AvgIpc) is 3.18. The maximum atomic E-state index is 12.4. The van der Waals surface area contributed by atoms with Gasteiger partial charge in [-0.2, -0.15) is 0 Å². The van der Waals surface area contributed by atoms with E-state index in [1.54, 1.807) is 0 Å². The van der Waals surface area contributed by atoms with Crippen molar-refractivity contribution in [2.24, 2.45) is 16.7 Å². The van der Waals surface area contributed by atoms with Crippen LogP contribution in [0.1, 0.15) is 46.5 Å². The first-order valence-corrected chi connectivity index (χ1v) is 7.19. The summed E-state index contributed by atoms with van der Waals surface area (Å²) in [5, 5.41) is 0. The lowest BCUT2D eigenvalue weighted by atomic mass is 9.61. The maximum absolute atomic E-state index is 12.4. The first-order valence-electron chi connectivity index (χ1n) is 7.19. The number of allylic oxidation sites excluding steroid dienone is 1. The number of fused-ring (bicyclic) bond motifs is 1. The van der Waals surface area contributed by atoms with Gasteiger partial charge in [0, 0.05) is 10.8 Å². The van der Waals surface area contributed by atoms with Crippen molar-refractivity contribution in [3.63, 3.8) is 0 Å². The third-order valence-electron chi connectivity index (χ3n) is 5.09. The summed E-state index contributed by atoms with van der Waals surface area (Å²) < 4.78 is 6.33. The minimum Gasteiger partial charge on any atom is -0.373 e. The monoisotopic (exact) mass is 259 g/mol. The summed E-state index contributed by atoms with van der Waals surface area (Å²) in [6, 6.07) is 0. The summed E-state index contributed by atoms with van der Waals surface area (Å²) in [7, 11) is 0. The molecule has 1 heterocycles. The molecule has 1 aliphatic heterocycles. The number of Topliss-reactive ketones (excluding diaryl/α,β-unsaturated/α-hetero) is 1.